The van der Waals surface area contributed by atoms with Crippen LogP contribution in [0.1, 0.15) is 118 Å². The maximum absolute atomic E-state index is 11.5. The van der Waals surface area contributed by atoms with Gasteiger partial charge < -0.3 is 10.2 Å². The van der Waals surface area contributed by atoms with E-state index >= 15 is 0 Å². The molecule has 33 heavy (non-hydrogen) atoms. The molecule has 0 saturated carbocycles. The summed E-state index contributed by atoms with van der Waals surface area (Å²) in [5.41, 5.74) is 3.09. The van der Waals surface area contributed by atoms with Gasteiger partial charge in [0.05, 0.1) is 6.04 Å². The van der Waals surface area contributed by atoms with Crippen LogP contribution in [-0.4, -0.2) is 45.0 Å². The number of likely N-dealkylation sites (tertiary alicyclic amines) is 1. The summed E-state index contributed by atoms with van der Waals surface area (Å²) in [6.07, 6.45) is 17.6. The van der Waals surface area contributed by atoms with Crippen LogP contribution < -0.4 is 0 Å². The molecule has 0 spiro atoms. The third kappa shape index (κ3) is 12.2. The first-order valence-electron chi connectivity index (χ1n) is 13.3. The van der Waals surface area contributed by atoms with Crippen LogP contribution in [-0.2, 0) is 4.79 Å². The first-order valence-corrected chi connectivity index (χ1v) is 13.8. The van der Waals surface area contributed by atoms with Crippen molar-refractivity contribution in [1.29, 1.82) is 0 Å². The van der Waals surface area contributed by atoms with Crippen molar-refractivity contribution in [3.8, 4) is 12.0 Å². The van der Waals surface area contributed by atoms with E-state index in [9.17, 15) is 9.90 Å². The van der Waals surface area contributed by atoms with E-state index in [0.29, 0.717) is 17.6 Å². The maximum atomic E-state index is 11.5. The third-order valence-corrected chi connectivity index (χ3v) is 7.74. The number of carboxylic acid groups (broad SMARTS) is 1. The van der Waals surface area contributed by atoms with Crippen molar-refractivity contribution < 1.29 is 15.0 Å². The van der Waals surface area contributed by atoms with Gasteiger partial charge in [-0.25, -0.2) is 0 Å². The summed E-state index contributed by atoms with van der Waals surface area (Å²) in [7, 11) is 0. The van der Waals surface area contributed by atoms with Crippen molar-refractivity contribution in [3.05, 3.63) is 11.1 Å². The lowest BCUT2D eigenvalue weighted by Crippen LogP contribution is -2.42. The molecule has 0 aliphatic carbocycles. The molecule has 4 unspecified atom stereocenters. The number of hydrogen-bond donors (Lipinski definition) is 3. The van der Waals surface area contributed by atoms with E-state index in [4.69, 9.17) is 17.7 Å². The van der Waals surface area contributed by atoms with E-state index in [-0.39, 0.29) is 6.04 Å². The van der Waals surface area contributed by atoms with Crippen molar-refractivity contribution in [2.75, 3.05) is 6.54 Å². The van der Waals surface area contributed by atoms with Gasteiger partial charge in [-0.3, -0.25) is 9.69 Å². The maximum Gasteiger partial charge on any atom is 0.320 e. The smallest absolute Gasteiger partial charge is 0.320 e. The summed E-state index contributed by atoms with van der Waals surface area (Å²) in [5, 5.41) is 19.0. The zero-order valence-corrected chi connectivity index (χ0v) is 22.5. The first kappa shape index (κ1) is 29.9. The van der Waals surface area contributed by atoms with E-state index in [1.165, 1.54) is 56.9 Å². The minimum absolute atomic E-state index is 0.150. The van der Waals surface area contributed by atoms with E-state index in [1.807, 2.05) is 11.0 Å². The lowest BCUT2D eigenvalue weighted by Gasteiger charge is -2.27. The highest BCUT2D eigenvalue weighted by atomic mass is 32.1. The Hall–Kier alpha value is -1.12. The number of rotatable bonds is 17. The van der Waals surface area contributed by atoms with Crippen LogP contribution in [0.4, 0.5) is 0 Å². The highest BCUT2D eigenvalue weighted by Crippen LogP contribution is 2.26. The van der Waals surface area contributed by atoms with Crippen molar-refractivity contribution in [1.82, 2.24) is 4.90 Å². The second-order valence-electron chi connectivity index (χ2n) is 10.2. The largest absolute Gasteiger partial charge is 0.480 e. The lowest BCUT2D eigenvalue weighted by atomic mass is 9.94. The fourth-order valence-electron chi connectivity index (χ4n) is 4.93. The van der Waals surface area contributed by atoms with Gasteiger partial charge in [0.2, 0.25) is 0 Å². The van der Waals surface area contributed by atoms with E-state index in [0.717, 1.165) is 38.6 Å². The molecule has 4 atom stereocenters. The fourth-order valence-corrected chi connectivity index (χ4v) is 5.36. The van der Waals surface area contributed by atoms with Crippen LogP contribution in [0.3, 0.4) is 0 Å². The third-order valence-electron chi connectivity index (χ3n) is 7.30. The molecule has 1 saturated heterocycles. The van der Waals surface area contributed by atoms with Gasteiger partial charge in [0.25, 0.3) is 0 Å². The Balaban J connectivity index is 2.25. The van der Waals surface area contributed by atoms with Crippen LogP contribution in [0.2, 0.25) is 0 Å². The number of carboxylic acids is 1. The second-order valence-corrected chi connectivity index (χ2v) is 10.9. The normalized spacial score (nSPS) is 20.0. The molecular formula is C28H49NO3S. The van der Waals surface area contributed by atoms with Gasteiger partial charge in [0.15, 0.2) is 0 Å². The van der Waals surface area contributed by atoms with Crippen LogP contribution in [0.5, 0.6) is 0 Å². The van der Waals surface area contributed by atoms with Crippen LogP contribution >= 0.6 is 12.6 Å². The van der Waals surface area contributed by atoms with Gasteiger partial charge in [0.1, 0.15) is 12.1 Å². The highest BCUT2D eigenvalue weighted by molar-refractivity contribution is 7.80. The van der Waals surface area contributed by atoms with Crippen LogP contribution in [0.25, 0.3) is 0 Å². The second kappa shape index (κ2) is 17.3. The predicted molar refractivity (Wildman–Crippen MR) is 142 cm³/mol. The quantitative estimate of drug-likeness (QED) is 0.0892. The van der Waals surface area contributed by atoms with Crippen molar-refractivity contribution >= 4 is 18.6 Å². The minimum atomic E-state index is -0.772. The van der Waals surface area contributed by atoms with Gasteiger partial charge in [-0.15, -0.1) is 0 Å². The molecule has 4 nitrogen and oxygen atoms in total. The van der Waals surface area contributed by atoms with Crippen LogP contribution in [0.15, 0.2) is 11.1 Å². The summed E-state index contributed by atoms with van der Waals surface area (Å²) in [6, 6.07) is -0.605. The van der Waals surface area contributed by atoms with E-state index in [1.54, 1.807) is 5.57 Å². The fraction of sp³-hybridized carbons (Fsp3) is 0.821. The number of thiol groups is 1. The number of carbonyl (C=O) groups is 1. The van der Waals surface area contributed by atoms with Gasteiger partial charge in [-0.1, -0.05) is 63.5 Å². The van der Waals surface area contributed by atoms with Crippen molar-refractivity contribution in [3.63, 3.8) is 0 Å². The Labute approximate surface area is 209 Å². The molecule has 0 radical (unpaired) electrons. The first-order chi connectivity index (χ1) is 15.8. The van der Waals surface area contributed by atoms with Crippen molar-refractivity contribution in [2.24, 2.45) is 5.92 Å². The molecule has 0 bridgehead atoms. The molecule has 1 aliphatic heterocycles. The summed E-state index contributed by atoms with van der Waals surface area (Å²) < 4.78 is 0. The predicted octanol–water partition coefficient (Wildman–Crippen LogP) is 7.21. The molecule has 2 N–H and O–H groups in total. The Morgan fingerprint density at radius 2 is 1.79 bits per heavy atom. The van der Waals surface area contributed by atoms with Gasteiger partial charge in [-0.05, 0) is 77.1 Å². The molecule has 5 heteroatoms. The Morgan fingerprint density at radius 3 is 2.45 bits per heavy atom. The minimum Gasteiger partial charge on any atom is -0.480 e. The Kier molecular flexibility index (Phi) is 15.7. The molecular weight excluding hydrogens is 430 g/mol. The number of aliphatic hydroxyl groups excluding tert-OH is 1. The number of aliphatic hydroxyl groups is 1. The van der Waals surface area contributed by atoms with Crippen molar-refractivity contribution in [2.45, 2.75) is 135 Å². The average molecular weight is 480 g/mol. The average Bonchev–Trinajstić information content (AvgIpc) is 3.27. The molecule has 1 rings (SSSR count). The molecule has 1 fully saturated rings. The Bertz CT molecular complexity index is 651. The number of hydrogen-bond acceptors (Lipinski definition) is 4. The SMILES string of the molecule is CCCCC/C(C)=C(/C)CC(S)CCC(C)CCCCCC(C#CO)N1CCCC1C(=O)O. The van der Waals surface area contributed by atoms with E-state index in [2.05, 4.69) is 33.6 Å². The molecule has 0 amide bonds. The summed E-state index contributed by atoms with van der Waals surface area (Å²) >= 11 is 4.87. The number of aliphatic carboxylic acids is 1. The molecule has 1 heterocycles. The number of nitrogens with zero attached hydrogens (tertiary/aromatic N) is 1. The van der Waals surface area contributed by atoms with E-state index < -0.39 is 12.0 Å². The van der Waals surface area contributed by atoms with Gasteiger partial charge in [0, 0.05) is 11.8 Å². The molecule has 0 aromatic heterocycles. The van der Waals surface area contributed by atoms with Gasteiger partial charge >= 0.3 is 5.97 Å². The molecule has 0 aromatic carbocycles. The number of allylic oxidation sites excluding steroid dienone is 2. The zero-order chi connectivity index (χ0) is 24.6. The van der Waals surface area contributed by atoms with Crippen LogP contribution in [0, 0.1) is 17.9 Å². The standard InChI is InChI=1S/C28H49NO3S/c1-5-6-8-13-23(3)24(4)21-26(33)17-16-22(2)12-9-7-10-14-25(18-20-30)29-19-11-15-27(29)28(31)32/h22,25-27,30,33H,5-17,19,21H2,1-4H3,(H,31,32)/b24-23-. The summed E-state index contributed by atoms with van der Waals surface area (Å²) in [5.74, 6) is 2.77. The lowest BCUT2D eigenvalue weighted by molar-refractivity contribution is -0.142. The zero-order valence-electron chi connectivity index (χ0n) is 21.6. The topological polar surface area (TPSA) is 60.8 Å². The molecule has 0 aromatic rings. The van der Waals surface area contributed by atoms with Gasteiger partial charge in [-0.2, -0.15) is 12.6 Å². The Morgan fingerprint density at radius 1 is 1.06 bits per heavy atom. The highest BCUT2D eigenvalue weighted by Gasteiger charge is 2.34. The molecule has 190 valence electrons. The summed E-state index contributed by atoms with van der Waals surface area (Å²) in [4.78, 5) is 13.4. The number of unbranched alkanes of at least 4 members (excludes halogenated alkanes) is 4. The monoisotopic (exact) mass is 479 g/mol. The molecule has 1 aliphatic rings. The summed E-state index contributed by atoms with van der Waals surface area (Å²) in [6.45, 7) is 9.93.